The van der Waals surface area contributed by atoms with E-state index in [1.807, 2.05) is 51.1 Å². The molecule has 7 heteroatoms. The monoisotopic (exact) mass is 469 g/mol. The molecule has 7 nitrogen and oxygen atoms in total. The molecule has 0 saturated heterocycles. The number of aldehydes is 1. The normalized spacial score (nSPS) is 12.6. The number of carbonyl (C=O) groups excluding carboxylic acids is 2. The van der Waals surface area contributed by atoms with Gasteiger partial charge in [0, 0.05) is 43.3 Å². The number of hydrogen-bond acceptors (Lipinski definition) is 6. The number of nitrogens with one attached hydrogen (secondary N) is 1. The number of anilines is 1. The summed E-state index contributed by atoms with van der Waals surface area (Å²) in [6.45, 7) is 10.3. The lowest BCUT2D eigenvalue weighted by Crippen LogP contribution is -2.25. The summed E-state index contributed by atoms with van der Waals surface area (Å²) in [5.41, 5.74) is 4.98. The molecule has 3 aromatic rings. The average Bonchev–Trinajstić information content (AvgIpc) is 3.22. The second-order valence-electron chi connectivity index (χ2n) is 8.99. The lowest BCUT2D eigenvalue weighted by Gasteiger charge is -2.26. The minimum absolute atomic E-state index is 0.184. The van der Waals surface area contributed by atoms with Gasteiger partial charge in [0.15, 0.2) is 0 Å². The fourth-order valence-electron chi connectivity index (χ4n) is 4.11. The van der Waals surface area contributed by atoms with Gasteiger partial charge in [-0.3, -0.25) is 0 Å². The molecule has 3 rings (SSSR count). The number of rotatable bonds is 8. The molecule has 0 amide bonds. The molecule has 0 spiro atoms. The molecule has 0 aliphatic rings. The SMILES string of the molecule is C=O.CNc1ccc2c(nc(CC(C=O)c3ccccc3)n2C(C)(C)C)c1CCC(C)O.CO. The highest BCUT2D eigenvalue weighted by Crippen LogP contribution is 2.33. The zero-order valence-electron chi connectivity index (χ0n) is 21.2. The Morgan fingerprint density at radius 3 is 2.24 bits per heavy atom. The smallest absolute Gasteiger partial charge is 0.127 e. The summed E-state index contributed by atoms with van der Waals surface area (Å²) < 4.78 is 2.26. The van der Waals surface area contributed by atoms with Crippen molar-refractivity contribution in [1.82, 2.24) is 9.55 Å². The van der Waals surface area contributed by atoms with Crippen LogP contribution in [0, 0.1) is 0 Å². The molecule has 0 fully saturated rings. The van der Waals surface area contributed by atoms with Crippen LogP contribution < -0.4 is 5.32 Å². The van der Waals surface area contributed by atoms with E-state index in [4.69, 9.17) is 14.9 Å². The van der Waals surface area contributed by atoms with Crippen LogP contribution >= 0.6 is 0 Å². The standard InChI is InChI=1S/C25H33N3O2.CH4O.CH2O/c1-17(30)11-12-20-21(26-5)13-14-22-24(20)27-23(28(22)25(2,3)4)15-19(16-29)18-9-7-6-8-10-18;2*1-2/h6-10,13-14,16-17,19,26,30H,11-12,15H2,1-5H3;2H,1H3;1H2. The summed E-state index contributed by atoms with van der Waals surface area (Å²) in [4.78, 5) is 25.0. The maximum absolute atomic E-state index is 12.0. The maximum atomic E-state index is 12.0. The predicted molar refractivity (Wildman–Crippen MR) is 138 cm³/mol. The Balaban J connectivity index is 0.00000137. The van der Waals surface area contributed by atoms with Gasteiger partial charge >= 0.3 is 0 Å². The van der Waals surface area contributed by atoms with E-state index >= 15 is 0 Å². The molecule has 2 atom stereocenters. The summed E-state index contributed by atoms with van der Waals surface area (Å²) in [6.07, 6.45) is 2.61. The zero-order chi connectivity index (χ0) is 25.9. The number of carbonyl (C=O) groups is 2. The Morgan fingerprint density at radius 2 is 1.74 bits per heavy atom. The molecule has 1 aromatic heterocycles. The Morgan fingerprint density at radius 1 is 1.12 bits per heavy atom. The highest BCUT2D eigenvalue weighted by Gasteiger charge is 2.26. The van der Waals surface area contributed by atoms with Crippen molar-refractivity contribution in [3.8, 4) is 0 Å². The van der Waals surface area contributed by atoms with E-state index in [1.165, 1.54) is 0 Å². The van der Waals surface area contributed by atoms with Crippen LogP contribution in [0.25, 0.3) is 11.0 Å². The van der Waals surface area contributed by atoms with Gasteiger partial charge in [-0.25, -0.2) is 4.98 Å². The largest absolute Gasteiger partial charge is 0.400 e. The van der Waals surface area contributed by atoms with Crippen LogP contribution in [-0.2, 0) is 28.0 Å². The van der Waals surface area contributed by atoms with Crippen molar-refractivity contribution in [2.24, 2.45) is 0 Å². The molecule has 0 aliphatic heterocycles. The predicted octanol–water partition coefficient (Wildman–Crippen LogP) is 4.10. The first-order valence-corrected chi connectivity index (χ1v) is 11.4. The first-order chi connectivity index (χ1) is 16.3. The van der Waals surface area contributed by atoms with E-state index in [0.717, 1.165) is 53.5 Å². The van der Waals surface area contributed by atoms with Gasteiger partial charge in [0.1, 0.15) is 18.9 Å². The maximum Gasteiger partial charge on any atom is 0.127 e. The molecular formula is C27H39N3O4. The number of imidazole rings is 1. The van der Waals surface area contributed by atoms with Crippen LogP contribution in [0.5, 0.6) is 0 Å². The van der Waals surface area contributed by atoms with E-state index in [9.17, 15) is 9.90 Å². The van der Waals surface area contributed by atoms with Crippen molar-refractivity contribution >= 4 is 29.8 Å². The Labute approximate surface area is 202 Å². The minimum Gasteiger partial charge on any atom is -0.400 e. The van der Waals surface area contributed by atoms with Crippen LogP contribution in [0.3, 0.4) is 0 Å². The molecule has 0 saturated carbocycles. The second kappa shape index (κ2) is 13.6. The van der Waals surface area contributed by atoms with Crippen molar-refractivity contribution < 1.29 is 19.8 Å². The van der Waals surface area contributed by atoms with E-state index < -0.39 is 0 Å². The topological polar surface area (TPSA) is 104 Å². The number of nitrogens with zero attached hydrogens (tertiary/aromatic N) is 2. The van der Waals surface area contributed by atoms with Crippen molar-refractivity contribution in [3.63, 3.8) is 0 Å². The number of aryl methyl sites for hydroxylation is 1. The van der Waals surface area contributed by atoms with Gasteiger partial charge < -0.3 is 29.7 Å². The van der Waals surface area contributed by atoms with Crippen LogP contribution in [-0.4, -0.2) is 53.1 Å². The van der Waals surface area contributed by atoms with E-state index in [2.05, 4.69) is 42.8 Å². The molecule has 2 aromatic carbocycles. The lowest BCUT2D eigenvalue weighted by atomic mass is 9.96. The Hall–Kier alpha value is -3.03. The third-order valence-corrected chi connectivity index (χ3v) is 5.55. The number of hydrogen-bond donors (Lipinski definition) is 3. The number of aliphatic hydroxyl groups excluding tert-OH is 2. The van der Waals surface area contributed by atoms with Gasteiger partial charge in [0.05, 0.1) is 17.1 Å². The zero-order valence-corrected chi connectivity index (χ0v) is 21.2. The van der Waals surface area contributed by atoms with Crippen LogP contribution in [0.4, 0.5) is 5.69 Å². The fraction of sp³-hybridized carbons (Fsp3) is 0.444. The third-order valence-electron chi connectivity index (χ3n) is 5.55. The first kappa shape index (κ1) is 29.0. The molecule has 0 bridgehead atoms. The second-order valence-corrected chi connectivity index (χ2v) is 8.99. The van der Waals surface area contributed by atoms with Gasteiger partial charge in [-0.1, -0.05) is 30.3 Å². The summed E-state index contributed by atoms with van der Waals surface area (Å²) in [5, 5.41) is 20.1. The van der Waals surface area contributed by atoms with E-state index in [1.54, 1.807) is 0 Å². The molecular weight excluding hydrogens is 430 g/mol. The van der Waals surface area contributed by atoms with Crippen molar-refractivity contribution in [2.75, 3.05) is 19.5 Å². The third kappa shape index (κ3) is 6.98. The Kier molecular flexibility index (Phi) is 11.6. The fourth-order valence-corrected chi connectivity index (χ4v) is 4.11. The molecule has 0 radical (unpaired) electrons. The molecule has 2 unspecified atom stereocenters. The summed E-state index contributed by atoms with van der Waals surface area (Å²) >= 11 is 0. The number of benzene rings is 2. The quantitative estimate of drug-likeness (QED) is 0.429. The van der Waals surface area contributed by atoms with Crippen LogP contribution in [0.2, 0.25) is 0 Å². The van der Waals surface area contributed by atoms with Crippen LogP contribution in [0.15, 0.2) is 42.5 Å². The summed E-state index contributed by atoms with van der Waals surface area (Å²) in [7, 11) is 2.91. The first-order valence-electron chi connectivity index (χ1n) is 11.4. The molecule has 0 aliphatic carbocycles. The van der Waals surface area contributed by atoms with Crippen molar-refractivity contribution in [1.29, 1.82) is 0 Å². The highest BCUT2D eigenvalue weighted by molar-refractivity contribution is 5.85. The molecule has 3 N–H and O–H groups in total. The summed E-state index contributed by atoms with van der Waals surface area (Å²) in [5.74, 6) is 0.666. The summed E-state index contributed by atoms with van der Waals surface area (Å²) in [6, 6.07) is 14.1. The van der Waals surface area contributed by atoms with E-state index in [0.29, 0.717) is 12.8 Å². The molecule has 186 valence electrons. The van der Waals surface area contributed by atoms with Gasteiger partial charge in [-0.05, 0) is 58.2 Å². The van der Waals surface area contributed by atoms with Gasteiger partial charge in [0.25, 0.3) is 0 Å². The minimum atomic E-state index is -0.369. The Bertz CT molecular complexity index is 1020. The highest BCUT2D eigenvalue weighted by atomic mass is 16.3. The van der Waals surface area contributed by atoms with E-state index in [-0.39, 0.29) is 17.6 Å². The van der Waals surface area contributed by atoms with Gasteiger partial charge in [-0.2, -0.15) is 0 Å². The van der Waals surface area contributed by atoms with Gasteiger partial charge in [0.2, 0.25) is 0 Å². The van der Waals surface area contributed by atoms with Crippen molar-refractivity contribution in [2.45, 2.75) is 64.5 Å². The lowest BCUT2D eigenvalue weighted by molar-refractivity contribution is -0.109. The van der Waals surface area contributed by atoms with Crippen LogP contribution in [0.1, 0.15) is 57.0 Å². The van der Waals surface area contributed by atoms with Crippen molar-refractivity contribution in [3.05, 3.63) is 59.4 Å². The number of aromatic nitrogens is 2. The molecule has 34 heavy (non-hydrogen) atoms. The van der Waals surface area contributed by atoms with Gasteiger partial charge in [-0.15, -0.1) is 0 Å². The number of fused-ring (bicyclic) bond motifs is 1. The molecule has 1 heterocycles. The number of aliphatic hydroxyl groups is 2. The average molecular weight is 470 g/mol.